The van der Waals surface area contributed by atoms with Crippen molar-refractivity contribution in [2.45, 2.75) is 82.7 Å². The average molecular weight is 762 g/mol. The quantitative estimate of drug-likeness (QED) is 0.247. The zero-order chi connectivity index (χ0) is 36.7. The number of rotatable bonds is 12. The normalized spacial score (nSPS) is 27.3. The third-order valence-electron chi connectivity index (χ3n) is 10.3. The molecule has 1 saturated carbocycles. The summed E-state index contributed by atoms with van der Waals surface area (Å²) >= 11 is 1.39. The summed E-state index contributed by atoms with van der Waals surface area (Å²) in [5.74, 6) is -0.845. The molecular weight excluding hydrogens is 714 g/mol. The van der Waals surface area contributed by atoms with Gasteiger partial charge in [-0.25, -0.2) is 22.6 Å². The molecule has 0 spiro atoms. The summed E-state index contributed by atoms with van der Waals surface area (Å²) in [5, 5.41) is 5.12. The van der Waals surface area contributed by atoms with Gasteiger partial charge in [0.15, 0.2) is 10.8 Å². The average Bonchev–Trinajstić information content (AvgIpc) is 3.76. The molecule has 6 rings (SSSR count). The molecule has 0 amide bonds. The van der Waals surface area contributed by atoms with Gasteiger partial charge in [0, 0.05) is 51.5 Å². The lowest BCUT2D eigenvalue weighted by Crippen LogP contribution is -2.53. The SMILES string of the molecule is CCOC(=O)C1=C(CN2CCO[C@H]3CN(S(=O)(=O)C4CC(C)(C(=O)OCC[Si](C)(C)C)C4)CC32)NC(c2nccs2)=N[C@H]1c1cccc(F)c1C. The zero-order valence-electron chi connectivity index (χ0n) is 30.1. The molecule has 3 atom stereocenters. The molecule has 0 bridgehead atoms. The van der Waals surface area contributed by atoms with Gasteiger partial charge < -0.3 is 19.5 Å². The van der Waals surface area contributed by atoms with Crippen LogP contribution in [0.1, 0.15) is 48.9 Å². The molecular formula is C35H48FN5O7S2Si. The molecule has 278 valence electrons. The molecule has 1 aromatic carbocycles. The topological polar surface area (TPSA) is 140 Å². The maximum Gasteiger partial charge on any atom is 0.338 e. The molecule has 2 aromatic rings. The number of morpholine rings is 1. The van der Waals surface area contributed by atoms with Crippen molar-refractivity contribution in [3.8, 4) is 0 Å². The lowest BCUT2D eigenvalue weighted by molar-refractivity contribution is -0.159. The molecule has 1 aliphatic carbocycles. The number of aromatic nitrogens is 1. The number of carbonyl (C=O) groups is 2. The maximum atomic E-state index is 14.9. The number of ether oxygens (including phenoxy) is 3. The fraction of sp³-hybridized carbons (Fsp3) is 0.600. The number of halogens is 1. The number of esters is 2. The maximum absolute atomic E-state index is 14.9. The highest BCUT2D eigenvalue weighted by Gasteiger charge is 2.56. The van der Waals surface area contributed by atoms with Crippen molar-refractivity contribution in [1.29, 1.82) is 0 Å². The Morgan fingerprint density at radius 1 is 1.20 bits per heavy atom. The van der Waals surface area contributed by atoms with Gasteiger partial charge in [0.05, 0.1) is 48.2 Å². The van der Waals surface area contributed by atoms with Gasteiger partial charge in [-0.3, -0.25) is 14.7 Å². The number of amidine groups is 1. The monoisotopic (exact) mass is 761 g/mol. The van der Waals surface area contributed by atoms with Gasteiger partial charge >= 0.3 is 11.9 Å². The van der Waals surface area contributed by atoms with Crippen molar-refractivity contribution < 1.29 is 36.6 Å². The predicted molar refractivity (Wildman–Crippen MR) is 195 cm³/mol. The number of fused-ring (bicyclic) bond motifs is 1. The van der Waals surface area contributed by atoms with E-state index in [1.165, 1.54) is 21.7 Å². The first-order valence-electron chi connectivity index (χ1n) is 17.5. The highest BCUT2D eigenvalue weighted by Crippen LogP contribution is 2.47. The third kappa shape index (κ3) is 7.86. The van der Waals surface area contributed by atoms with Crippen molar-refractivity contribution in [3.63, 3.8) is 0 Å². The highest BCUT2D eigenvalue weighted by atomic mass is 32.2. The molecule has 12 nitrogen and oxygen atoms in total. The highest BCUT2D eigenvalue weighted by molar-refractivity contribution is 7.89. The Kier molecular flexibility index (Phi) is 10.9. The van der Waals surface area contributed by atoms with Crippen LogP contribution in [0.4, 0.5) is 4.39 Å². The lowest BCUT2D eigenvalue weighted by Gasteiger charge is -2.43. The summed E-state index contributed by atoms with van der Waals surface area (Å²) in [6.45, 7) is 13.9. The van der Waals surface area contributed by atoms with E-state index in [1.54, 1.807) is 39.1 Å². The summed E-state index contributed by atoms with van der Waals surface area (Å²) in [4.78, 5) is 38.1. The Bertz CT molecular complexity index is 1810. The van der Waals surface area contributed by atoms with Crippen LogP contribution in [0.25, 0.3) is 0 Å². The molecule has 3 aliphatic heterocycles. The van der Waals surface area contributed by atoms with Gasteiger partial charge in [-0.1, -0.05) is 31.8 Å². The smallest absolute Gasteiger partial charge is 0.338 e. The first kappa shape index (κ1) is 37.7. The van der Waals surface area contributed by atoms with Gasteiger partial charge in [0.25, 0.3) is 0 Å². The van der Waals surface area contributed by atoms with E-state index < -0.39 is 46.6 Å². The number of thiazole rings is 1. The van der Waals surface area contributed by atoms with E-state index >= 15 is 0 Å². The Morgan fingerprint density at radius 2 is 1.96 bits per heavy atom. The Labute approximate surface area is 304 Å². The molecule has 4 heterocycles. The summed E-state index contributed by atoms with van der Waals surface area (Å²) in [6.07, 6.45) is 1.72. The van der Waals surface area contributed by atoms with Crippen LogP contribution in [0.15, 0.2) is 46.0 Å². The number of sulfonamides is 1. The first-order chi connectivity index (χ1) is 24.1. The van der Waals surface area contributed by atoms with Crippen molar-refractivity contribution >= 4 is 47.2 Å². The van der Waals surface area contributed by atoms with E-state index in [0.29, 0.717) is 47.4 Å². The van der Waals surface area contributed by atoms with E-state index in [2.05, 4.69) is 34.8 Å². The van der Waals surface area contributed by atoms with E-state index in [9.17, 15) is 22.4 Å². The minimum atomic E-state index is -3.73. The second kappa shape index (κ2) is 14.8. The molecule has 1 N–H and O–H groups in total. The summed E-state index contributed by atoms with van der Waals surface area (Å²) < 4.78 is 61.5. The van der Waals surface area contributed by atoms with E-state index in [4.69, 9.17) is 19.2 Å². The Balaban J connectivity index is 1.22. The minimum Gasteiger partial charge on any atom is -0.466 e. The van der Waals surface area contributed by atoms with Crippen LogP contribution in [0.2, 0.25) is 25.7 Å². The van der Waals surface area contributed by atoms with Gasteiger partial charge in [0.2, 0.25) is 10.0 Å². The van der Waals surface area contributed by atoms with Crippen molar-refractivity contribution in [2.24, 2.45) is 10.4 Å². The van der Waals surface area contributed by atoms with Crippen LogP contribution in [0.5, 0.6) is 0 Å². The molecule has 16 heteroatoms. The number of nitrogens with one attached hydrogen (secondary N) is 1. The number of benzene rings is 1. The minimum absolute atomic E-state index is 0.138. The van der Waals surface area contributed by atoms with Gasteiger partial charge in [-0.2, -0.15) is 4.31 Å². The molecule has 1 aromatic heterocycles. The standard InChI is InChI=1S/C35H48FN5O7S2Si/c1-7-46-33(42)29-26(38-31(32-37-11-15-49-32)39-30(29)24-9-8-10-25(36)22(24)2)19-40-12-13-47-28-21-41(20-27(28)40)50(44,45)23-17-35(3,18-23)34(43)48-14-16-51(4,5)6/h8-11,15,23,27-28,30H,7,12-14,16-21H2,1-6H3,(H,38,39)/t23?,27?,28-,30-,35?/m0/s1. The van der Waals surface area contributed by atoms with Crippen molar-refractivity contribution in [1.82, 2.24) is 19.5 Å². The van der Waals surface area contributed by atoms with Crippen LogP contribution in [-0.4, -0.2) is 112 Å². The fourth-order valence-electron chi connectivity index (χ4n) is 7.25. The number of aliphatic imine (C=N–C) groups is 1. The van der Waals surface area contributed by atoms with Crippen LogP contribution in [0, 0.1) is 18.2 Å². The van der Waals surface area contributed by atoms with E-state index in [-0.39, 0.29) is 62.8 Å². The Hall–Kier alpha value is -3.02. The van der Waals surface area contributed by atoms with Crippen LogP contribution in [0.3, 0.4) is 0 Å². The lowest BCUT2D eigenvalue weighted by atomic mass is 9.70. The molecule has 2 saturated heterocycles. The molecule has 1 unspecified atom stereocenters. The van der Waals surface area contributed by atoms with Crippen molar-refractivity contribution in [3.05, 3.63) is 63.0 Å². The van der Waals surface area contributed by atoms with Gasteiger partial charge in [0.1, 0.15) is 11.9 Å². The summed E-state index contributed by atoms with van der Waals surface area (Å²) in [5.41, 5.74) is 0.898. The number of hydrogen-bond acceptors (Lipinski definition) is 12. The van der Waals surface area contributed by atoms with E-state index in [0.717, 1.165) is 6.04 Å². The number of nitrogens with zero attached hydrogens (tertiary/aromatic N) is 4. The second-order valence-corrected chi connectivity index (χ2v) is 24.0. The second-order valence-electron chi connectivity index (χ2n) is 15.3. The number of carbonyl (C=O) groups excluding carboxylic acids is 2. The third-order valence-corrected chi connectivity index (χ3v) is 15.0. The van der Waals surface area contributed by atoms with Crippen LogP contribution < -0.4 is 5.32 Å². The number of hydrogen-bond donors (Lipinski definition) is 1. The van der Waals surface area contributed by atoms with Gasteiger partial charge in [-0.15, -0.1) is 11.3 Å². The zero-order valence-corrected chi connectivity index (χ0v) is 32.7. The summed E-state index contributed by atoms with van der Waals surface area (Å²) in [6, 6.07) is 4.45. The first-order valence-corrected chi connectivity index (χ1v) is 23.6. The molecule has 0 radical (unpaired) electrons. The predicted octanol–water partition coefficient (Wildman–Crippen LogP) is 4.26. The van der Waals surface area contributed by atoms with Crippen LogP contribution >= 0.6 is 11.3 Å². The molecule has 4 aliphatic rings. The van der Waals surface area contributed by atoms with E-state index in [1.807, 2.05) is 5.38 Å². The Morgan fingerprint density at radius 3 is 2.65 bits per heavy atom. The largest absolute Gasteiger partial charge is 0.466 e. The fourth-order valence-corrected chi connectivity index (χ4v) is 10.8. The van der Waals surface area contributed by atoms with Crippen LogP contribution in [-0.2, 0) is 33.8 Å². The van der Waals surface area contributed by atoms with Crippen molar-refractivity contribution in [2.75, 3.05) is 46.0 Å². The summed E-state index contributed by atoms with van der Waals surface area (Å²) in [7, 11) is -5.10. The molecule has 51 heavy (non-hydrogen) atoms. The molecule has 3 fully saturated rings. The van der Waals surface area contributed by atoms with Gasteiger partial charge in [-0.05, 0) is 56.9 Å².